The molecule has 2 rings (SSSR count). The summed E-state index contributed by atoms with van der Waals surface area (Å²) in [6.07, 6.45) is 1.38. The molecule has 1 atom stereocenters. The van der Waals surface area contributed by atoms with Gasteiger partial charge >= 0.3 is 0 Å². The SMILES string of the molecule is CCCNCC(O)COc1ccccc1CCC(=O)c1ccccc1OC.Cl. The Morgan fingerprint density at radius 1 is 1.11 bits per heavy atom. The van der Waals surface area contributed by atoms with Crippen LogP contribution in [-0.4, -0.2) is 43.8 Å². The van der Waals surface area contributed by atoms with Gasteiger partial charge in [0.1, 0.15) is 24.2 Å². The van der Waals surface area contributed by atoms with Crippen LogP contribution in [0.5, 0.6) is 11.5 Å². The number of hydrogen-bond donors (Lipinski definition) is 2. The van der Waals surface area contributed by atoms with Crippen LogP contribution in [0.2, 0.25) is 0 Å². The van der Waals surface area contributed by atoms with E-state index in [1.165, 1.54) is 0 Å². The third-order valence-corrected chi connectivity index (χ3v) is 4.24. The molecule has 1 unspecified atom stereocenters. The van der Waals surface area contributed by atoms with E-state index in [2.05, 4.69) is 12.2 Å². The highest BCUT2D eigenvalue weighted by Gasteiger charge is 2.13. The van der Waals surface area contributed by atoms with Gasteiger partial charge < -0.3 is 19.9 Å². The summed E-state index contributed by atoms with van der Waals surface area (Å²) in [6, 6.07) is 14.9. The molecule has 0 aliphatic heterocycles. The van der Waals surface area contributed by atoms with Crippen LogP contribution >= 0.6 is 12.4 Å². The topological polar surface area (TPSA) is 67.8 Å². The molecule has 0 fully saturated rings. The van der Waals surface area contributed by atoms with Crippen molar-refractivity contribution in [3.63, 3.8) is 0 Å². The molecule has 0 saturated carbocycles. The second-order valence-corrected chi connectivity index (χ2v) is 6.40. The fourth-order valence-corrected chi connectivity index (χ4v) is 2.80. The van der Waals surface area contributed by atoms with E-state index in [9.17, 15) is 9.90 Å². The number of carbonyl (C=O) groups is 1. The van der Waals surface area contributed by atoms with E-state index < -0.39 is 6.10 Å². The van der Waals surface area contributed by atoms with Crippen molar-refractivity contribution in [2.24, 2.45) is 0 Å². The highest BCUT2D eigenvalue weighted by Crippen LogP contribution is 2.23. The number of ketones is 1. The lowest BCUT2D eigenvalue weighted by atomic mass is 10.0. The van der Waals surface area contributed by atoms with E-state index >= 15 is 0 Å². The maximum Gasteiger partial charge on any atom is 0.166 e. The number of para-hydroxylation sites is 2. The number of benzene rings is 2. The number of rotatable bonds is 12. The summed E-state index contributed by atoms with van der Waals surface area (Å²) in [7, 11) is 1.57. The van der Waals surface area contributed by atoms with Crippen molar-refractivity contribution < 1.29 is 19.4 Å². The van der Waals surface area contributed by atoms with Gasteiger partial charge in [-0.25, -0.2) is 0 Å². The van der Waals surface area contributed by atoms with Crippen LogP contribution < -0.4 is 14.8 Å². The Morgan fingerprint density at radius 3 is 2.50 bits per heavy atom. The number of halogens is 1. The van der Waals surface area contributed by atoms with E-state index in [0.717, 1.165) is 18.5 Å². The molecule has 5 nitrogen and oxygen atoms in total. The normalized spacial score (nSPS) is 11.4. The molecule has 0 spiro atoms. The van der Waals surface area contributed by atoms with Crippen molar-refractivity contribution in [3.05, 3.63) is 59.7 Å². The number of aliphatic hydroxyl groups excluding tert-OH is 1. The number of aryl methyl sites for hydroxylation is 1. The molecule has 0 radical (unpaired) electrons. The van der Waals surface area contributed by atoms with Crippen LogP contribution in [0.1, 0.15) is 35.7 Å². The Kier molecular flexibility index (Phi) is 11.3. The summed E-state index contributed by atoms with van der Waals surface area (Å²) in [5.74, 6) is 1.33. The second-order valence-electron chi connectivity index (χ2n) is 6.40. The van der Waals surface area contributed by atoms with Gasteiger partial charge in [-0.2, -0.15) is 0 Å². The molecule has 2 N–H and O–H groups in total. The van der Waals surface area contributed by atoms with E-state index in [0.29, 0.717) is 36.4 Å². The first-order chi connectivity index (χ1) is 13.2. The average molecular weight is 408 g/mol. The number of nitrogens with one attached hydrogen (secondary N) is 1. The van der Waals surface area contributed by atoms with Crippen molar-refractivity contribution in [1.29, 1.82) is 0 Å². The molecule has 0 heterocycles. The van der Waals surface area contributed by atoms with Crippen LogP contribution in [0.15, 0.2) is 48.5 Å². The predicted molar refractivity (Wildman–Crippen MR) is 114 cm³/mol. The molecule has 2 aromatic carbocycles. The molecule has 0 aliphatic rings. The van der Waals surface area contributed by atoms with Gasteiger partial charge in [-0.05, 0) is 43.1 Å². The third-order valence-electron chi connectivity index (χ3n) is 4.24. The zero-order valence-electron chi connectivity index (χ0n) is 16.5. The van der Waals surface area contributed by atoms with E-state index in [-0.39, 0.29) is 24.8 Å². The lowest BCUT2D eigenvalue weighted by molar-refractivity contribution is 0.0976. The molecule has 154 valence electrons. The van der Waals surface area contributed by atoms with Gasteiger partial charge in [-0.1, -0.05) is 37.3 Å². The second kappa shape index (κ2) is 13.2. The molecule has 6 heteroatoms. The van der Waals surface area contributed by atoms with E-state index in [4.69, 9.17) is 9.47 Å². The van der Waals surface area contributed by atoms with Crippen molar-refractivity contribution in [2.45, 2.75) is 32.3 Å². The molecule has 0 bridgehead atoms. The van der Waals surface area contributed by atoms with Gasteiger partial charge in [0.05, 0.1) is 12.7 Å². The minimum absolute atomic E-state index is 0. The molecule has 0 amide bonds. The summed E-state index contributed by atoms with van der Waals surface area (Å²) in [5.41, 5.74) is 1.55. The summed E-state index contributed by atoms with van der Waals surface area (Å²) in [4.78, 5) is 12.6. The standard InChI is InChI=1S/C22H29NO4.ClH/c1-3-14-23-15-18(24)16-27-21-10-6-4-8-17(21)12-13-20(25)19-9-5-7-11-22(19)26-2;/h4-11,18,23-24H,3,12-16H2,1-2H3;1H. The highest BCUT2D eigenvalue weighted by molar-refractivity contribution is 5.98. The predicted octanol–water partition coefficient (Wildman–Crippen LogP) is 3.67. The van der Waals surface area contributed by atoms with Gasteiger partial charge in [-0.15, -0.1) is 12.4 Å². The van der Waals surface area contributed by atoms with Gasteiger partial charge in [0.25, 0.3) is 0 Å². The summed E-state index contributed by atoms with van der Waals surface area (Å²) < 4.78 is 11.1. The first-order valence-corrected chi connectivity index (χ1v) is 9.41. The van der Waals surface area contributed by atoms with E-state index in [1.54, 1.807) is 19.2 Å². The number of aliphatic hydroxyl groups is 1. The monoisotopic (exact) mass is 407 g/mol. The fraction of sp³-hybridized carbons (Fsp3) is 0.409. The fourth-order valence-electron chi connectivity index (χ4n) is 2.80. The smallest absolute Gasteiger partial charge is 0.166 e. The van der Waals surface area contributed by atoms with Gasteiger partial charge in [0.15, 0.2) is 5.78 Å². The maximum absolute atomic E-state index is 12.6. The first kappa shape index (κ1) is 24.0. The number of Topliss-reactive ketones (excluding diaryl/α,β-unsaturated/α-hetero) is 1. The number of methoxy groups -OCH3 is 1. The van der Waals surface area contributed by atoms with Crippen molar-refractivity contribution in [1.82, 2.24) is 5.32 Å². The highest BCUT2D eigenvalue weighted by atomic mass is 35.5. The zero-order chi connectivity index (χ0) is 19.5. The summed E-state index contributed by atoms with van der Waals surface area (Å²) in [6.45, 7) is 3.67. The zero-order valence-corrected chi connectivity index (χ0v) is 17.3. The van der Waals surface area contributed by atoms with Gasteiger partial charge in [0.2, 0.25) is 0 Å². The number of ether oxygens (including phenoxy) is 2. The third kappa shape index (κ3) is 7.50. The Bertz CT molecular complexity index is 723. The average Bonchev–Trinajstić information content (AvgIpc) is 2.71. The Labute approximate surface area is 173 Å². The molecule has 28 heavy (non-hydrogen) atoms. The minimum Gasteiger partial charge on any atom is -0.496 e. The van der Waals surface area contributed by atoms with Crippen LogP contribution in [0, 0.1) is 0 Å². The summed E-state index contributed by atoms with van der Waals surface area (Å²) in [5, 5.41) is 13.2. The number of hydrogen-bond acceptors (Lipinski definition) is 5. The Morgan fingerprint density at radius 2 is 1.79 bits per heavy atom. The number of carbonyl (C=O) groups excluding carboxylic acids is 1. The minimum atomic E-state index is -0.570. The van der Waals surface area contributed by atoms with Gasteiger partial charge in [0, 0.05) is 13.0 Å². The lowest BCUT2D eigenvalue weighted by Gasteiger charge is -2.15. The quantitative estimate of drug-likeness (QED) is 0.415. The van der Waals surface area contributed by atoms with Gasteiger partial charge in [-0.3, -0.25) is 4.79 Å². The molecule has 2 aromatic rings. The van der Waals surface area contributed by atoms with E-state index in [1.807, 2.05) is 36.4 Å². The lowest BCUT2D eigenvalue weighted by Crippen LogP contribution is -2.31. The first-order valence-electron chi connectivity index (χ1n) is 9.41. The van der Waals surface area contributed by atoms with Crippen LogP contribution in [0.4, 0.5) is 0 Å². The maximum atomic E-state index is 12.6. The Balaban J connectivity index is 0.00000392. The Hall–Kier alpha value is -2.08. The molecule has 0 saturated heterocycles. The van der Waals surface area contributed by atoms with Crippen LogP contribution in [-0.2, 0) is 6.42 Å². The van der Waals surface area contributed by atoms with Crippen molar-refractivity contribution in [3.8, 4) is 11.5 Å². The van der Waals surface area contributed by atoms with Crippen molar-refractivity contribution >= 4 is 18.2 Å². The van der Waals surface area contributed by atoms with Crippen LogP contribution in [0.25, 0.3) is 0 Å². The molecular formula is C22H30ClNO4. The van der Waals surface area contributed by atoms with Crippen LogP contribution in [0.3, 0.4) is 0 Å². The molecule has 0 aliphatic carbocycles. The largest absolute Gasteiger partial charge is 0.496 e. The van der Waals surface area contributed by atoms with Crippen molar-refractivity contribution in [2.75, 3.05) is 26.8 Å². The molecular weight excluding hydrogens is 378 g/mol. The molecule has 0 aromatic heterocycles. The summed E-state index contributed by atoms with van der Waals surface area (Å²) >= 11 is 0.